The molecule has 0 unspecified atom stereocenters. The molecule has 3 aromatic rings. The van der Waals surface area contributed by atoms with Gasteiger partial charge in [-0.05, 0) is 38.5 Å². The molecular weight excluding hydrogens is 364 g/mol. The van der Waals surface area contributed by atoms with Crippen LogP contribution >= 0.6 is 0 Å². The lowest BCUT2D eigenvalue weighted by Crippen LogP contribution is -2.04. The highest BCUT2D eigenvalue weighted by molar-refractivity contribution is 5.90. The van der Waals surface area contributed by atoms with E-state index in [1.807, 2.05) is 13.8 Å². The van der Waals surface area contributed by atoms with Crippen molar-refractivity contribution in [2.75, 3.05) is 7.11 Å². The number of allylic oxidation sites excluding steroid dienone is 2. The first-order valence-corrected chi connectivity index (χ1v) is 8.49. The van der Waals surface area contributed by atoms with Gasteiger partial charge in [0.2, 0.25) is 11.2 Å². The Kier molecular flexibility index (Phi) is 4.92. The molecule has 0 aliphatic rings. The van der Waals surface area contributed by atoms with Gasteiger partial charge in [-0.15, -0.1) is 0 Å². The Morgan fingerprint density at radius 2 is 1.79 bits per heavy atom. The summed E-state index contributed by atoms with van der Waals surface area (Å²) in [6.07, 6.45) is 2.01. The second kappa shape index (κ2) is 7.19. The summed E-state index contributed by atoms with van der Waals surface area (Å²) >= 11 is 0. The van der Waals surface area contributed by atoms with E-state index in [0.29, 0.717) is 0 Å². The Morgan fingerprint density at radius 1 is 1.07 bits per heavy atom. The fourth-order valence-electron chi connectivity index (χ4n) is 2.87. The molecule has 7 nitrogen and oxygen atoms in total. The minimum Gasteiger partial charge on any atom is -0.507 e. The summed E-state index contributed by atoms with van der Waals surface area (Å²) in [7, 11) is 1.36. The summed E-state index contributed by atoms with van der Waals surface area (Å²) < 4.78 is 10.6. The van der Waals surface area contributed by atoms with Crippen LogP contribution < -0.4 is 10.2 Å². The Balaban J connectivity index is 2.27. The average molecular weight is 384 g/mol. The van der Waals surface area contributed by atoms with Crippen LogP contribution in [0.1, 0.15) is 19.4 Å². The standard InChI is InChI=1S/C21H20O7/c1-10(2)4-6-12-14(23)9-16-17(18(12)24)19(25)20(26)21(28-16)11-5-7-13(22)15(8-11)27-3/h4-5,7-9,22-24,26H,6H2,1-3H3. The Hall–Kier alpha value is -3.61. The molecule has 0 saturated carbocycles. The molecular formula is C21H20O7. The van der Waals surface area contributed by atoms with E-state index in [1.165, 1.54) is 31.4 Å². The van der Waals surface area contributed by atoms with Crippen LogP contribution in [0.15, 0.2) is 45.1 Å². The number of rotatable bonds is 4. The fourth-order valence-corrected chi connectivity index (χ4v) is 2.87. The van der Waals surface area contributed by atoms with Gasteiger partial charge in [-0.1, -0.05) is 11.6 Å². The van der Waals surface area contributed by atoms with Gasteiger partial charge in [0.25, 0.3) is 0 Å². The molecule has 2 aromatic carbocycles. The Bertz CT molecular complexity index is 1150. The maximum atomic E-state index is 12.7. The predicted octanol–water partition coefficient (Wildman–Crippen LogP) is 3.80. The molecule has 0 atom stereocenters. The number of phenolic OH excluding ortho intramolecular Hbond substituents is 3. The molecule has 28 heavy (non-hydrogen) atoms. The third-order valence-electron chi connectivity index (χ3n) is 4.37. The summed E-state index contributed by atoms with van der Waals surface area (Å²) in [4.78, 5) is 12.7. The topological polar surface area (TPSA) is 120 Å². The van der Waals surface area contributed by atoms with E-state index >= 15 is 0 Å². The van der Waals surface area contributed by atoms with Crippen molar-refractivity contribution < 1.29 is 29.6 Å². The van der Waals surface area contributed by atoms with E-state index < -0.39 is 16.9 Å². The van der Waals surface area contributed by atoms with Gasteiger partial charge in [-0.25, -0.2) is 0 Å². The van der Waals surface area contributed by atoms with E-state index in [4.69, 9.17) is 9.15 Å². The molecule has 0 aliphatic heterocycles. The van der Waals surface area contributed by atoms with Gasteiger partial charge in [-0.3, -0.25) is 4.79 Å². The number of fused-ring (bicyclic) bond motifs is 1. The molecule has 3 rings (SSSR count). The SMILES string of the molecule is COc1cc(-c2oc3cc(O)c(CC=C(C)C)c(O)c3c(=O)c2O)ccc1O. The molecule has 0 fully saturated rings. The van der Waals surface area contributed by atoms with Gasteiger partial charge in [0, 0.05) is 17.2 Å². The van der Waals surface area contributed by atoms with E-state index in [2.05, 4.69) is 0 Å². The monoisotopic (exact) mass is 384 g/mol. The van der Waals surface area contributed by atoms with Crippen molar-refractivity contribution >= 4 is 11.0 Å². The number of hydrogen-bond acceptors (Lipinski definition) is 7. The second-order valence-electron chi connectivity index (χ2n) is 6.58. The molecule has 4 N–H and O–H groups in total. The van der Waals surface area contributed by atoms with Crippen LogP contribution in [0.4, 0.5) is 0 Å². The van der Waals surface area contributed by atoms with Gasteiger partial charge in [0.1, 0.15) is 22.5 Å². The maximum absolute atomic E-state index is 12.7. The van der Waals surface area contributed by atoms with E-state index in [1.54, 1.807) is 6.08 Å². The van der Waals surface area contributed by atoms with Crippen molar-refractivity contribution in [2.24, 2.45) is 0 Å². The number of aromatic hydroxyl groups is 4. The predicted molar refractivity (Wildman–Crippen MR) is 104 cm³/mol. The zero-order chi connectivity index (χ0) is 20.6. The third kappa shape index (κ3) is 3.22. The quantitative estimate of drug-likeness (QED) is 0.505. The highest BCUT2D eigenvalue weighted by Crippen LogP contribution is 2.40. The maximum Gasteiger partial charge on any atom is 0.238 e. The molecule has 0 amide bonds. The first-order chi connectivity index (χ1) is 13.2. The lowest BCUT2D eigenvalue weighted by Gasteiger charge is -2.12. The van der Waals surface area contributed by atoms with Crippen molar-refractivity contribution in [3.8, 4) is 40.1 Å². The summed E-state index contributed by atoms with van der Waals surface area (Å²) in [5, 5.41) is 40.7. The van der Waals surface area contributed by atoms with Gasteiger partial charge >= 0.3 is 0 Å². The molecule has 0 aliphatic carbocycles. The van der Waals surface area contributed by atoms with Crippen LogP contribution in [-0.2, 0) is 6.42 Å². The van der Waals surface area contributed by atoms with Crippen molar-refractivity contribution in [1.29, 1.82) is 0 Å². The van der Waals surface area contributed by atoms with Gasteiger partial charge in [-0.2, -0.15) is 0 Å². The number of hydrogen-bond donors (Lipinski definition) is 4. The number of phenols is 3. The number of methoxy groups -OCH3 is 1. The first kappa shape index (κ1) is 19.2. The molecule has 0 spiro atoms. The fraction of sp³-hybridized carbons (Fsp3) is 0.190. The average Bonchev–Trinajstić information content (AvgIpc) is 2.64. The Morgan fingerprint density at radius 3 is 2.43 bits per heavy atom. The molecule has 7 heteroatoms. The molecule has 0 saturated heterocycles. The highest BCUT2D eigenvalue weighted by atomic mass is 16.5. The van der Waals surface area contributed by atoms with Gasteiger partial charge < -0.3 is 29.6 Å². The van der Waals surface area contributed by atoms with Crippen molar-refractivity contribution in [3.05, 3.63) is 51.7 Å². The third-order valence-corrected chi connectivity index (χ3v) is 4.37. The van der Waals surface area contributed by atoms with Gasteiger partial charge in [0.15, 0.2) is 17.3 Å². The van der Waals surface area contributed by atoms with Crippen LogP contribution in [0.2, 0.25) is 0 Å². The van der Waals surface area contributed by atoms with Crippen LogP contribution in [0.5, 0.6) is 28.7 Å². The lowest BCUT2D eigenvalue weighted by molar-refractivity contribution is 0.373. The first-order valence-electron chi connectivity index (χ1n) is 8.49. The zero-order valence-electron chi connectivity index (χ0n) is 15.6. The smallest absolute Gasteiger partial charge is 0.238 e. The minimum atomic E-state index is -0.834. The highest BCUT2D eigenvalue weighted by Gasteiger charge is 2.22. The molecule has 1 heterocycles. The Labute approximate surface area is 160 Å². The summed E-state index contributed by atoms with van der Waals surface area (Å²) in [6.45, 7) is 3.74. The van der Waals surface area contributed by atoms with Crippen molar-refractivity contribution in [3.63, 3.8) is 0 Å². The normalized spacial score (nSPS) is 10.8. The van der Waals surface area contributed by atoms with E-state index in [-0.39, 0.29) is 51.5 Å². The van der Waals surface area contributed by atoms with Gasteiger partial charge in [0.05, 0.1) is 7.11 Å². The van der Waals surface area contributed by atoms with Crippen molar-refractivity contribution in [1.82, 2.24) is 0 Å². The van der Waals surface area contributed by atoms with E-state index in [0.717, 1.165) is 5.57 Å². The van der Waals surface area contributed by atoms with Crippen molar-refractivity contribution in [2.45, 2.75) is 20.3 Å². The van der Waals surface area contributed by atoms with Crippen LogP contribution in [0, 0.1) is 0 Å². The lowest BCUT2D eigenvalue weighted by atomic mass is 10.0. The largest absolute Gasteiger partial charge is 0.507 e. The minimum absolute atomic E-state index is 0.0826. The second-order valence-corrected chi connectivity index (χ2v) is 6.58. The summed E-state index contributed by atoms with van der Waals surface area (Å²) in [5.74, 6) is -1.53. The van der Waals surface area contributed by atoms with Crippen LogP contribution in [0.25, 0.3) is 22.3 Å². The summed E-state index contributed by atoms with van der Waals surface area (Å²) in [5.41, 5.74) is 0.503. The number of benzene rings is 2. The summed E-state index contributed by atoms with van der Waals surface area (Å²) in [6, 6.07) is 5.38. The molecule has 0 radical (unpaired) electrons. The molecule has 0 bridgehead atoms. The van der Waals surface area contributed by atoms with Crippen LogP contribution in [-0.4, -0.2) is 27.5 Å². The molecule has 1 aromatic heterocycles. The number of ether oxygens (including phenoxy) is 1. The molecule has 146 valence electrons. The van der Waals surface area contributed by atoms with E-state index in [9.17, 15) is 25.2 Å². The van der Waals surface area contributed by atoms with Crippen LogP contribution in [0.3, 0.4) is 0 Å². The zero-order valence-corrected chi connectivity index (χ0v) is 15.6.